The molecule has 0 radical (unpaired) electrons. The van der Waals surface area contributed by atoms with E-state index >= 15 is 0 Å². The Labute approximate surface area is 126 Å². The van der Waals surface area contributed by atoms with Crippen molar-refractivity contribution in [2.24, 2.45) is 5.41 Å². The van der Waals surface area contributed by atoms with Gasteiger partial charge in [-0.1, -0.05) is 12.1 Å². The molecule has 1 aromatic rings. The topological polar surface area (TPSA) is 45.0 Å². The number of nitrogens with zero attached hydrogens (tertiary/aromatic N) is 1. The van der Waals surface area contributed by atoms with Gasteiger partial charge >= 0.3 is 0 Å². The Morgan fingerprint density at radius 1 is 1.38 bits per heavy atom. The molecule has 0 amide bonds. The van der Waals surface area contributed by atoms with Crippen molar-refractivity contribution in [3.8, 4) is 11.8 Å². The number of para-hydroxylation sites is 1. The Morgan fingerprint density at radius 2 is 2.10 bits per heavy atom. The fourth-order valence-corrected chi connectivity index (χ4v) is 2.16. The minimum absolute atomic E-state index is 0.0396. The van der Waals surface area contributed by atoms with E-state index in [1.807, 2.05) is 6.07 Å². The summed E-state index contributed by atoms with van der Waals surface area (Å²) >= 11 is 0. The Bertz CT molecular complexity index is 539. The smallest absolute Gasteiger partial charge is 0.165 e. The number of hydrogen-bond donors (Lipinski definition) is 1. The molecule has 1 aromatic carbocycles. The molecule has 21 heavy (non-hydrogen) atoms. The highest BCUT2D eigenvalue weighted by atomic mass is 19.1. The molecule has 0 spiro atoms. The first kappa shape index (κ1) is 15.8. The van der Waals surface area contributed by atoms with Gasteiger partial charge in [-0.05, 0) is 39.7 Å². The van der Waals surface area contributed by atoms with Gasteiger partial charge in [0.2, 0.25) is 0 Å². The molecule has 0 atom stereocenters. The van der Waals surface area contributed by atoms with Crippen LogP contribution < -0.4 is 10.1 Å². The highest BCUT2D eigenvalue weighted by Crippen LogP contribution is 2.49. The Hall–Kier alpha value is -1.60. The van der Waals surface area contributed by atoms with Crippen molar-refractivity contribution >= 4 is 0 Å². The van der Waals surface area contributed by atoms with Crippen molar-refractivity contribution in [3.05, 3.63) is 29.6 Å². The van der Waals surface area contributed by atoms with Crippen LogP contribution in [0.15, 0.2) is 18.2 Å². The van der Waals surface area contributed by atoms with Crippen molar-refractivity contribution in [2.45, 2.75) is 52.1 Å². The van der Waals surface area contributed by atoms with Gasteiger partial charge in [-0.25, -0.2) is 4.39 Å². The molecule has 4 heteroatoms. The Morgan fingerprint density at radius 3 is 2.67 bits per heavy atom. The quantitative estimate of drug-likeness (QED) is 0.867. The molecule has 0 aromatic heterocycles. The molecule has 114 valence electrons. The van der Waals surface area contributed by atoms with E-state index in [4.69, 9.17) is 10.00 Å². The zero-order valence-corrected chi connectivity index (χ0v) is 13.0. The molecule has 0 aliphatic heterocycles. The van der Waals surface area contributed by atoms with Crippen LogP contribution >= 0.6 is 0 Å². The van der Waals surface area contributed by atoms with Crippen molar-refractivity contribution in [1.82, 2.24) is 5.32 Å². The maximum absolute atomic E-state index is 14.0. The number of hydrogen-bond acceptors (Lipinski definition) is 3. The molecule has 1 aliphatic rings. The zero-order chi connectivity index (χ0) is 15.5. The van der Waals surface area contributed by atoms with Gasteiger partial charge in [-0.2, -0.15) is 5.26 Å². The van der Waals surface area contributed by atoms with E-state index in [1.165, 1.54) is 6.07 Å². The SMILES string of the molecule is CC(C)(C)NCc1cccc(F)c1OCC1(CC#N)CC1. The summed E-state index contributed by atoms with van der Waals surface area (Å²) in [5.74, 6) is -0.0190. The van der Waals surface area contributed by atoms with Gasteiger partial charge in [0.05, 0.1) is 12.7 Å². The first-order chi connectivity index (χ1) is 9.85. The molecule has 2 rings (SSSR count). The number of halogens is 1. The zero-order valence-electron chi connectivity index (χ0n) is 13.0. The van der Waals surface area contributed by atoms with E-state index in [1.54, 1.807) is 6.07 Å². The van der Waals surface area contributed by atoms with Crippen LogP contribution in [0.5, 0.6) is 5.75 Å². The third kappa shape index (κ3) is 4.44. The summed E-state index contributed by atoms with van der Waals surface area (Å²) in [7, 11) is 0. The minimum atomic E-state index is -0.337. The lowest BCUT2D eigenvalue weighted by Gasteiger charge is -2.22. The molecule has 3 nitrogen and oxygen atoms in total. The highest BCUT2D eigenvalue weighted by Gasteiger charge is 2.43. The van der Waals surface area contributed by atoms with Gasteiger partial charge < -0.3 is 10.1 Å². The van der Waals surface area contributed by atoms with Crippen LogP contribution in [0.2, 0.25) is 0 Å². The van der Waals surface area contributed by atoms with E-state index in [2.05, 4.69) is 32.2 Å². The predicted molar refractivity (Wildman–Crippen MR) is 80.4 cm³/mol. The van der Waals surface area contributed by atoms with Crippen LogP contribution in [0.1, 0.15) is 45.6 Å². The fourth-order valence-electron chi connectivity index (χ4n) is 2.16. The summed E-state index contributed by atoms with van der Waals surface area (Å²) in [5.41, 5.74) is 0.728. The molecule has 0 heterocycles. The van der Waals surface area contributed by atoms with Crippen LogP contribution in [0.3, 0.4) is 0 Å². The lowest BCUT2D eigenvalue weighted by molar-refractivity contribution is 0.224. The van der Waals surface area contributed by atoms with Gasteiger partial charge in [0, 0.05) is 29.5 Å². The molecular weight excluding hydrogens is 267 g/mol. The first-order valence-corrected chi connectivity index (χ1v) is 7.37. The normalized spacial score (nSPS) is 16.3. The van der Waals surface area contributed by atoms with E-state index in [0.29, 0.717) is 25.3 Å². The van der Waals surface area contributed by atoms with E-state index in [-0.39, 0.29) is 16.8 Å². The summed E-state index contributed by atoms with van der Waals surface area (Å²) in [4.78, 5) is 0. The Kier molecular flexibility index (Phi) is 4.53. The maximum atomic E-state index is 14.0. The molecule has 1 N–H and O–H groups in total. The standard InChI is InChI=1S/C17H23FN2O/c1-16(2,3)20-11-13-5-4-6-14(18)15(13)21-12-17(7-8-17)9-10-19/h4-6,20H,7-9,11-12H2,1-3H3. The average Bonchev–Trinajstić information content (AvgIpc) is 3.15. The van der Waals surface area contributed by atoms with Gasteiger partial charge in [0.25, 0.3) is 0 Å². The van der Waals surface area contributed by atoms with E-state index < -0.39 is 0 Å². The number of nitrogens with one attached hydrogen (secondary N) is 1. The van der Waals surface area contributed by atoms with E-state index in [0.717, 1.165) is 18.4 Å². The van der Waals surface area contributed by atoms with Crippen LogP contribution in [-0.4, -0.2) is 12.1 Å². The average molecular weight is 290 g/mol. The van der Waals surface area contributed by atoms with Crippen LogP contribution in [-0.2, 0) is 6.54 Å². The maximum Gasteiger partial charge on any atom is 0.165 e. The summed E-state index contributed by atoms with van der Waals surface area (Å²) in [5, 5.41) is 12.2. The lowest BCUT2D eigenvalue weighted by atomic mass is 10.1. The number of rotatable bonds is 6. The second-order valence-corrected chi connectivity index (χ2v) is 6.96. The molecular formula is C17H23FN2O. The van der Waals surface area contributed by atoms with Crippen molar-refractivity contribution in [3.63, 3.8) is 0 Å². The van der Waals surface area contributed by atoms with Crippen molar-refractivity contribution < 1.29 is 9.13 Å². The molecule has 0 unspecified atom stereocenters. The number of ether oxygens (including phenoxy) is 1. The number of nitriles is 1. The van der Waals surface area contributed by atoms with Gasteiger partial charge in [-0.3, -0.25) is 0 Å². The van der Waals surface area contributed by atoms with Crippen LogP contribution in [0, 0.1) is 22.6 Å². The second kappa shape index (κ2) is 6.03. The lowest BCUT2D eigenvalue weighted by Crippen LogP contribution is -2.35. The van der Waals surface area contributed by atoms with Gasteiger partial charge in [-0.15, -0.1) is 0 Å². The third-order valence-electron chi connectivity index (χ3n) is 3.79. The first-order valence-electron chi connectivity index (χ1n) is 7.37. The summed E-state index contributed by atoms with van der Waals surface area (Å²) in [6.45, 7) is 7.18. The molecule has 1 aliphatic carbocycles. The predicted octanol–water partition coefficient (Wildman–Crippen LogP) is 3.79. The molecule has 0 saturated heterocycles. The van der Waals surface area contributed by atoms with Gasteiger partial charge in [0.1, 0.15) is 0 Å². The minimum Gasteiger partial charge on any atom is -0.490 e. The van der Waals surface area contributed by atoms with Gasteiger partial charge in [0.15, 0.2) is 11.6 Å². The largest absolute Gasteiger partial charge is 0.490 e. The second-order valence-electron chi connectivity index (χ2n) is 6.96. The molecule has 1 fully saturated rings. The molecule has 1 saturated carbocycles. The molecule has 0 bridgehead atoms. The highest BCUT2D eigenvalue weighted by molar-refractivity contribution is 5.35. The Balaban J connectivity index is 2.06. The summed E-state index contributed by atoms with van der Waals surface area (Å²) in [6.07, 6.45) is 2.46. The van der Waals surface area contributed by atoms with Crippen molar-refractivity contribution in [1.29, 1.82) is 5.26 Å². The fraction of sp³-hybridized carbons (Fsp3) is 0.588. The monoisotopic (exact) mass is 290 g/mol. The van der Waals surface area contributed by atoms with E-state index in [9.17, 15) is 4.39 Å². The summed E-state index contributed by atoms with van der Waals surface area (Å²) < 4.78 is 19.8. The summed E-state index contributed by atoms with van der Waals surface area (Å²) in [6, 6.07) is 7.19. The van der Waals surface area contributed by atoms with Crippen molar-refractivity contribution in [2.75, 3.05) is 6.61 Å². The van der Waals surface area contributed by atoms with Crippen LogP contribution in [0.4, 0.5) is 4.39 Å². The van der Waals surface area contributed by atoms with Crippen LogP contribution in [0.25, 0.3) is 0 Å². The number of benzene rings is 1. The third-order valence-corrected chi connectivity index (χ3v) is 3.79.